The molecule has 6 nitrogen and oxygen atoms in total. The van der Waals surface area contributed by atoms with E-state index in [0.717, 1.165) is 24.3 Å². The third kappa shape index (κ3) is 11.0. The second-order valence-corrected chi connectivity index (χ2v) is 7.97. The maximum absolute atomic E-state index is 13.0. The van der Waals surface area contributed by atoms with Crippen LogP contribution in [0.2, 0.25) is 0 Å². The summed E-state index contributed by atoms with van der Waals surface area (Å²) in [5, 5.41) is 17.4. The summed E-state index contributed by atoms with van der Waals surface area (Å²) in [7, 11) is 0. The van der Waals surface area contributed by atoms with Crippen molar-refractivity contribution < 1.29 is 39.5 Å². The van der Waals surface area contributed by atoms with E-state index in [4.69, 9.17) is 0 Å². The number of thiol groups is 2. The van der Waals surface area contributed by atoms with Crippen LogP contribution in [-0.4, -0.2) is 47.2 Å². The van der Waals surface area contributed by atoms with Crippen LogP contribution in [0.4, 0.5) is 39.5 Å². The first-order chi connectivity index (χ1) is 17.5. The van der Waals surface area contributed by atoms with Gasteiger partial charge in [-0.25, -0.2) is 0 Å². The largest absolute Gasteiger partial charge is 0.416 e. The lowest BCUT2D eigenvalue weighted by molar-refractivity contribution is -0.137. The van der Waals surface area contributed by atoms with Gasteiger partial charge in [-0.2, -0.15) is 39.5 Å². The molecule has 0 aromatic heterocycles. The van der Waals surface area contributed by atoms with E-state index in [1.807, 2.05) is 10.6 Å². The van der Waals surface area contributed by atoms with Crippen LogP contribution in [0.15, 0.2) is 75.0 Å². The van der Waals surface area contributed by atoms with Crippen molar-refractivity contribution in [1.82, 2.24) is 10.6 Å². The van der Waals surface area contributed by atoms with E-state index in [1.165, 1.54) is 12.1 Å². The molecular weight excluding hydrogens is 571 g/mol. The van der Waals surface area contributed by atoms with Gasteiger partial charge in [0, 0.05) is 11.1 Å². The van der Waals surface area contributed by atoms with Crippen LogP contribution in [0.1, 0.15) is 16.7 Å². The smallest absolute Gasteiger partial charge is 0.354 e. The Morgan fingerprint density at radius 3 is 1.34 bits per heavy atom. The van der Waals surface area contributed by atoms with Crippen molar-refractivity contribution in [1.29, 1.82) is 0 Å². The van der Waals surface area contributed by atoms with Crippen molar-refractivity contribution in [3.8, 4) is 0 Å². The van der Waals surface area contributed by atoms with E-state index in [2.05, 4.69) is 45.7 Å². The maximum atomic E-state index is 13.0. The van der Waals surface area contributed by atoms with Gasteiger partial charge in [-0.05, 0) is 12.1 Å². The molecule has 2 N–H and O–H groups in total. The zero-order valence-corrected chi connectivity index (χ0v) is 20.5. The lowest BCUT2D eigenvalue weighted by atomic mass is 9.99. The Kier molecular flexibility index (Phi) is 10.6. The highest BCUT2D eigenvalue weighted by atomic mass is 32.1. The zero-order chi connectivity index (χ0) is 28.6. The highest BCUT2D eigenvalue weighted by molar-refractivity contribution is 7.97. The quantitative estimate of drug-likeness (QED) is 0.110. The molecular formula is C21H17F9N6S2. The number of nitrogens with one attached hydrogen (secondary N) is 2. The summed E-state index contributed by atoms with van der Waals surface area (Å²) >= 11 is 7.55. The second kappa shape index (κ2) is 13.0. The molecule has 0 spiro atoms. The molecule has 0 radical (unpaired) electrons. The highest BCUT2D eigenvalue weighted by Crippen LogP contribution is 2.29. The molecule has 0 atom stereocenters. The SMILES string of the molecule is FC(F)(F)CN/C(S)=N/N=C(/C(=N/N=C(\S)NCC(F)(F)F)c1ccc(C(F)(F)F)cc1)c1ccccc1. The van der Waals surface area contributed by atoms with Gasteiger partial charge in [0.15, 0.2) is 10.3 Å². The molecule has 0 fully saturated rings. The van der Waals surface area contributed by atoms with Crippen LogP contribution in [0.3, 0.4) is 0 Å². The minimum atomic E-state index is -4.67. The molecule has 0 unspecified atom stereocenters. The fraction of sp³-hybridized carbons (Fsp3) is 0.238. The lowest BCUT2D eigenvalue weighted by Gasteiger charge is -2.12. The minimum Gasteiger partial charge on any atom is -0.354 e. The first-order valence-electron chi connectivity index (χ1n) is 10.1. The molecule has 38 heavy (non-hydrogen) atoms. The maximum Gasteiger partial charge on any atom is 0.416 e. The van der Waals surface area contributed by atoms with Gasteiger partial charge in [-0.3, -0.25) is 0 Å². The van der Waals surface area contributed by atoms with Crippen LogP contribution in [0, 0.1) is 0 Å². The Morgan fingerprint density at radius 2 is 0.974 bits per heavy atom. The third-order valence-corrected chi connectivity index (χ3v) is 4.64. The normalized spacial score (nSPS) is 14.5. The fourth-order valence-electron chi connectivity index (χ4n) is 2.52. The van der Waals surface area contributed by atoms with Crippen LogP contribution in [-0.2, 0) is 6.18 Å². The van der Waals surface area contributed by atoms with Crippen molar-refractivity contribution in [3.63, 3.8) is 0 Å². The van der Waals surface area contributed by atoms with Crippen LogP contribution in [0.25, 0.3) is 0 Å². The van der Waals surface area contributed by atoms with E-state index >= 15 is 0 Å². The van der Waals surface area contributed by atoms with Gasteiger partial charge in [-0.15, -0.1) is 45.7 Å². The van der Waals surface area contributed by atoms with Crippen LogP contribution >= 0.6 is 25.3 Å². The predicted octanol–water partition coefficient (Wildman–Crippen LogP) is 5.69. The molecule has 0 saturated carbocycles. The number of amidine groups is 2. The molecule has 0 amide bonds. The van der Waals surface area contributed by atoms with Crippen molar-refractivity contribution >= 4 is 47.0 Å². The number of alkyl halides is 9. The topological polar surface area (TPSA) is 73.5 Å². The monoisotopic (exact) mass is 588 g/mol. The van der Waals surface area contributed by atoms with E-state index < -0.39 is 47.5 Å². The molecule has 206 valence electrons. The van der Waals surface area contributed by atoms with E-state index in [1.54, 1.807) is 18.2 Å². The number of halogens is 9. The molecule has 0 aliphatic heterocycles. The zero-order valence-electron chi connectivity index (χ0n) is 18.7. The van der Waals surface area contributed by atoms with E-state index in [0.29, 0.717) is 0 Å². The molecule has 2 aromatic rings. The number of rotatable bonds is 7. The summed E-state index contributed by atoms with van der Waals surface area (Å²) in [5.41, 5.74) is -1.28. The second-order valence-electron chi connectivity index (χ2n) is 7.12. The molecule has 0 aliphatic rings. The third-order valence-electron chi connectivity index (χ3n) is 4.14. The number of nitrogens with zero attached hydrogens (tertiary/aromatic N) is 4. The van der Waals surface area contributed by atoms with Crippen molar-refractivity contribution in [2.45, 2.75) is 18.5 Å². The summed E-state index contributed by atoms with van der Waals surface area (Å²) in [6.45, 7) is -2.98. The number of hydrogen-bond donors (Lipinski definition) is 4. The number of benzene rings is 2. The van der Waals surface area contributed by atoms with Gasteiger partial charge in [0.2, 0.25) is 0 Å². The van der Waals surface area contributed by atoms with Crippen molar-refractivity contribution in [2.24, 2.45) is 20.4 Å². The average molecular weight is 589 g/mol. The van der Waals surface area contributed by atoms with Gasteiger partial charge in [-0.1, -0.05) is 42.5 Å². The van der Waals surface area contributed by atoms with Gasteiger partial charge < -0.3 is 10.6 Å². The van der Waals surface area contributed by atoms with Gasteiger partial charge >= 0.3 is 18.5 Å². The molecule has 17 heteroatoms. The van der Waals surface area contributed by atoms with Gasteiger partial charge in [0.1, 0.15) is 24.5 Å². The molecule has 2 aromatic carbocycles. The first-order valence-corrected chi connectivity index (χ1v) is 11.0. The summed E-state index contributed by atoms with van der Waals surface area (Å²) in [4.78, 5) is 0. The highest BCUT2D eigenvalue weighted by Gasteiger charge is 2.31. The predicted molar refractivity (Wildman–Crippen MR) is 132 cm³/mol. The molecule has 0 bridgehead atoms. The Labute approximate surface area is 220 Å². The molecule has 2 rings (SSSR count). The fourth-order valence-corrected chi connectivity index (χ4v) is 2.77. The van der Waals surface area contributed by atoms with Crippen LogP contribution < -0.4 is 10.6 Å². The van der Waals surface area contributed by atoms with Crippen molar-refractivity contribution in [2.75, 3.05) is 13.1 Å². The van der Waals surface area contributed by atoms with Gasteiger partial charge in [0.05, 0.1) is 5.56 Å². The average Bonchev–Trinajstić information content (AvgIpc) is 2.82. The number of hydrogen-bond acceptors (Lipinski definition) is 4. The first kappa shape index (κ1) is 31.0. The van der Waals surface area contributed by atoms with Gasteiger partial charge in [0.25, 0.3) is 0 Å². The Hall–Kier alpha value is -3.21. The van der Waals surface area contributed by atoms with Crippen molar-refractivity contribution in [3.05, 3.63) is 71.3 Å². The summed E-state index contributed by atoms with van der Waals surface area (Å²) in [6.07, 6.45) is -13.9. The summed E-state index contributed by atoms with van der Waals surface area (Å²) < 4.78 is 114. The lowest BCUT2D eigenvalue weighted by Crippen LogP contribution is -2.31. The van der Waals surface area contributed by atoms with Crippen LogP contribution in [0.5, 0.6) is 0 Å². The Morgan fingerprint density at radius 1 is 0.579 bits per heavy atom. The molecule has 0 aliphatic carbocycles. The summed E-state index contributed by atoms with van der Waals surface area (Å²) in [5.74, 6) is 0. The molecule has 0 saturated heterocycles. The Bertz CT molecular complexity index is 1190. The van der Waals surface area contributed by atoms with E-state index in [-0.39, 0.29) is 22.6 Å². The molecule has 0 heterocycles. The minimum absolute atomic E-state index is 0.0273. The van der Waals surface area contributed by atoms with E-state index in [9.17, 15) is 39.5 Å². The standard InChI is InChI=1S/C21H17F9N6S2/c22-19(23,24)10-31-17(37)35-33-15(12-4-2-1-3-5-12)16(34-36-18(38)32-11-20(25,26)27)13-6-8-14(9-7-13)21(28,29)30/h1-9H,10-11H2,(H2,31,35,37)(H2,32,36,38)/b33-15+,34-16+. The summed E-state index contributed by atoms with van der Waals surface area (Å²) in [6, 6.07) is 11.1. The Balaban J connectivity index is 2.63.